The predicted molar refractivity (Wildman–Crippen MR) is 92.6 cm³/mol. The van der Waals surface area contributed by atoms with Gasteiger partial charge >= 0.3 is 12.0 Å². The molecule has 2 aromatic rings. The van der Waals surface area contributed by atoms with E-state index in [0.29, 0.717) is 17.1 Å². The number of carbonyl (C=O) groups is 2. The molecule has 0 bridgehead atoms. The van der Waals surface area contributed by atoms with Crippen LogP contribution in [0.5, 0.6) is 6.08 Å². The Bertz CT molecular complexity index is 891. The number of nitrogens with one attached hydrogen (secondary N) is 1. The van der Waals surface area contributed by atoms with Crippen LogP contribution in [0.15, 0.2) is 40.1 Å². The summed E-state index contributed by atoms with van der Waals surface area (Å²) < 4.78 is 14.5. The molecule has 1 aliphatic rings. The highest BCUT2D eigenvalue weighted by molar-refractivity contribution is 6.08. The molecule has 1 aliphatic heterocycles. The van der Waals surface area contributed by atoms with Crippen molar-refractivity contribution in [3.8, 4) is 17.5 Å². The molecule has 0 saturated heterocycles. The second-order valence-electron chi connectivity index (χ2n) is 5.59. The number of aliphatic hydroxyl groups is 1. The molecule has 1 amide bonds. The van der Waals surface area contributed by atoms with Gasteiger partial charge in [-0.15, -0.1) is 0 Å². The molecule has 10 nitrogen and oxygen atoms in total. The third-order valence-corrected chi connectivity index (χ3v) is 3.93. The number of hydrogen-bond donors (Lipinski definition) is 2. The van der Waals surface area contributed by atoms with Crippen LogP contribution in [0.3, 0.4) is 0 Å². The molecule has 3 rings (SSSR count). The van der Waals surface area contributed by atoms with E-state index in [1.165, 1.54) is 19.1 Å². The van der Waals surface area contributed by atoms with E-state index in [1.807, 2.05) is 0 Å². The maximum absolute atomic E-state index is 12.6. The molecule has 0 radical (unpaired) electrons. The van der Waals surface area contributed by atoms with Crippen LogP contribution in [0, 0.1) is 0 Å². The number of nitrogens with zero attached hydrogens (tertiary/aromatic N) is 3. The Morgan fingerprint density at radius 1 is 1.41 bits per heavy atom. The summed E-state index contributed by atoms with van der Waals surface area (Å²) in [6.45, 7) is -0.0219. The van der Waals surface area contributed by atoms with Crippen molar-refractivity contribution < 1.29 is 28.7 Å². The molecule has 1 aromatic heterocycles. The van der Waals surface area contributed by atoms with Crippen LogP contribution in [0.25, 0.3) is 11.4 Å². The lowest BCUT2D eigenvalue weighted by atomic mass is 10.1. The molecule has 142 valence electrons. The van der Waals surface area contributed by atoms with Gasteiger partial charge in [0, 0.05) is 17.8 Å². The van der Waals surface area contributed by atoms with Crippen molar-refractivity contribution in [2.75, 3.05) is 39.2 Å². The highest BCUT2D eigenvalue weighted by atomic mass is 16.6. The second-order valence-corrected chi connectivity index (χ2v) is 5.59. The van der Waals surface area contributed by atoms with Crippen molar-refractivity contribution in [3.63, 3.8) is 0 Å². The van der Waals surface area contributed by atoms with Crippen LogP contribution in [-0.4, -0.2) is 65.9 Å². The zero-order valence-electron chi connectivity index (χ0n) is 14.8. The molecular formula is C17H18N4O6. The molecule has 0 saturated carbocycles. The second kappa shape index (κ2) is 7.87. The maximum atomic E-state index is 12.6. The van der Waals surface area contributed by atoms with Gasteiger partial charge in [0.25, 0.3) is 5.91 Å². The van der Waals surface area contributed by atoms with Gasteiger partial charge in [-0.2, -0.15) is 4.98 Å². The SMILES string of the molecule is COC(=O)C1=C(Nc2cccc(-c3noc(OC)n3)c2)C(=O)N(CCO)C1. The third kappa shape index (κ3) is 3.75. The number of hydrogen-bond acceptors (Lipinski definition) is 9. The van der Waals surface area contributed by atoms with E-state index >= 15 is 0 Å². The van der Waals surface area contributed by atoms with Gasteiger partial charge in [-0.1, -0.05) is 17.3 Å². The molecular weight excluding hydrogens is 356 g/mol. The number of methoxy groups -OCH3 is 2. The Labute approximate surface area is 154 Å². The molecule has 0 fully saturated rings. The summed E-state index contributed by atoms with van der Waals surface area (Å²) in [5, 5.41) is 15.9. The van der Waals surface area contributed by atoms with Crippen LogP contribution in [0.2, 0.25) is 0 Å². The predicted octanol–water partition coefficient (Wildman–Crippen LogP) is 0.419. The van der Waals surface area contributed by atoms with Crippen LogP contribution in [0.1, 0.15) is 0 Å². The molecule has 1 aromatic carbocycles. The van der Waals surface area contributed by atoms with Crippen LogP contribution in [0.4, 0.5) is 5.69 Å². The number of anilines is 1. The van der Waals surface area contributed by atoms with Crippen molar-refractivity contribution in [1.82, 2.24) is 15.0 Å². The van der Waals surface area contributed by atoms with Gasteiger partial charge < -0.3 is 24.8 Å². The minimum atomic E-state index is -0.606. The summed E-state index contributed by atoms with van der Waals surface area (Å²) in [5.41, 5.74) is 1.48. The van der Waals surface area contributed by atoms with Crippen LogP contribution in [-0.2, 0) is 14.3 Å². The number of esters is 1. The van der Waals surface area contributed by atoms with E-state index in [1.54, 1.807) is 24.3 Å². The number of β-amino-alcohol motifs (C(OH)–C–C–N with tert-alkyl or cyclic N) is 1. The Hall–Kier alpha value is -3.40. The number of carbonyl (C=O) groups excluding carboxylic acids is 2. The number of aromatic nitrogens is 2. The lowest BCUT2D eigenvalue weighted by Gasteiger charge is -2.15. The summed E-state index contributed by atoms with van der Waals surface area (Å²) in [4.78, 5) is 30.0. The van der Waals surface area contributed by atoms with Crippen molar-refractivity contribution in [1.29, 1.82) is 0 Å². The largest absolute Gasteiger partial charge is 0.466 e. The van der Waals surface area contributed by atoms with Crippen molar-refractivity contribution in [3.05, 3.63) is 35.5 Å². The minimum absolute atomic E-state index is 0.0321. The summed E-state index contributed by atoms with van der Waals surface area (Å²) >= 11 is 0. The average Bonchev–Trinajstić information content (AvgIpc) is 3.28. The van der Waals surface area contributed by atoms with E-state index < -0.39 is 11.9 Å². The van der Waals surface area contributed by atoms with Gasteiger partial charge in [-0.25, -0.2) is 4.79 Å². The summed E-state index contributed by atoms with van der Waals surface area (Å²) in [6, 6.07) is 6.93. The topological polar surface area (TPSA) is 127 Å². The van der Waals surface area contributed by atoms with E-state index in [0.717, 1.165) is 0 Å². The number of amides is 1. The monoisotopic (exact) mass is 374 g/mol. The standard InChI is InChI=1S/C17H18N4O6/c1-25-16(24)12-9-21(6-7-22)15(23)13(12)18-11-5-3-4-10(8-11)14-19-17(26-2)27-20-14/h3-5,8,18,22H,6-7,9H2,1-2H3. The van der Waals surface area contributed by atoms with Gasteiger partial charge in [0.05, 0.1) is 32.9 Å². The maximum Gasteiger partial charge on any atom is 0.417 e. The molecule has 0 aliphatic carbocycles. The average molecular weight is 374 g/mol. The van der Waals surface area contributed by atoms with Gasteiger partial charge in [-0.05, 0) is 12.1 Å². The van der Waals surface area contributed by atoms with E-state index in [-0.39, 0.29) is 37.0 Å². The van der Waals surface area contributed by atoms with Crippen molar-refractivity contribution in [2.45, 2.75) is 0 Å². The van der Waals surface area contributed by atoms with Crippen LogP contribution >= 0.6 is 0 Å². The first-order valence-corrected chi connectivity index (χ1v) is 8.04. The fourth-order valence-corrected chi connectivity index (χ4v) is 2.64. The van der Waals surface area contributed by atoms with Gasteiger partial charge in [0.1, 0.15) is 5.70 Å². The van der Waals surface area contributed by atoms with E-state index in [2.05, 4.69) is 15.5 Å². The zero-order valence-corrected chi connectivity index (χ0v) is 14.8. The van der Waals surface area contributed by atoms with Crippen molar-refractivity contribution >= 4 is 17.6 Å². The van der Waals surface area contributed by atoms with E-state index in [9.17, 15) is 9.59 Å². The summed E-state index contributed by atoms with van der Waals surface area (Å²) in [6.07, 6.45) is 0.0321. The van der Waals surface area contributed by atoms with Gasteiger partial charge in [-0.3, -0.25) is 9.32 Å². The molecule has 2 N–H and O–H groups in total. The fraction of sp³-hybridized carbons (Fsp3) is 0.294. The Morgan fingerprint density at radius 3 is 2.89 bits per heavy atom. The first-order valence-electron chi connectivity index (χ1n) is 8.04. The normalized spacial score (nSPS) is 13.9. The number of ether oxygens (including phenoxy) is 2. The molecule has 2 heterocycles. The Morgan fingerprint density at radius 2 is 2.22 bits per heavy atom. The highest BCUT2D eigenvalue weighted by Gasteiger charge is 2.34. The highest BCUT2D eigenvalue weighted by Crippen LogP contribution is 2.26. The molecule has 0 spiro atoms. The number of aliphatic hydroxyl groups excluding tert-OH is 1. The zero-order chi connectivity index (χ0) is 19.4. The first-order chi connectivity index (χ1) is 13.1. The third-order valence-electron chi connectivity index (χ3n) is 3.93. The van der Waals surface area contributed by atoms with Gasteiger partial charge in [0.2, 0.25) is 5.82 Å². The Kier molecular flexibility index (Phi) is 5.36. The summed E-state index contributed by atoms with van der Waals surface area (Å²) in [7, 11) is 2.66. The van der Waals surface area contributed by atoms with Crippen molar-refractivity contribution in [2.24, 2.45) is 0 Å². The quantitative estimate of drug-likeness (QED) is 0.663. The lowest BCUT2D eigenvalue weighted by molar-refractivity contribution is -0.136. The Balaban J connectivity index is 1.89. The number of benzene rings is 1. The van der Waals surface area contributed by atoms with E-state index in [4.69, 9.17) is 19.1 Å². The fourth-order valence-electron chi connectivity index (χ4n) is 2.64. The molecule has 27 heavy (non-hydrogen) atoms. The molecule has 10 heteroatoms. The first kappa shape index (κ1) is 18.4. The smallest absolute Gasteiger partial charge is 0.417 e. The number of rotatable bonds is 7. The molecule has 0 atom stereocenters. The van der Waals surface area contributed by atoms with Crippen LogP contribution < -0.4 is 10.1 Å². The lowest BCUT2D eigenvalue weighted by Crippen LogP contribution is -2.31. The molecule has 0 unspecified atom stereocenters. The summed E-state index contributed by atoms with van der Waals surface area (Å²) in [5.74, 6) is -0.682. The minimum Gasteiger partial charge on any atom is -0.466 e. The van der Waals surface area contributed by atoms with Gasteiger partial charge in [0.15, 0.2) is 0 Å².